The van der Waals surface area contributed by atoms with Crippen LogP contribution in [0.5, 0.6) is 0 Å². The SMILES string of the molecule is c1ccc(C2N=C(n3c4ccccc4c4ccc(-c5ccc6cc(-c7cccc8ccccc78)sc6c5)cc43)N=C3c4ccccc4-c4ccccc4C32)cc1. The summed E-state index contributed by atoms with van der Waals surface area (Å²) in [5, 5.41) is 6.20. The van der Waals surface area contributed by atoms with Gasteiger partial charge in [-0.2, -0.15) is 0 Å². The summed E-state index contributed by atoms with van der Waals surface area (Å²) >= 11 is 1.86. The van der Waals surface area contributed by atoms with Gasteiger partial charge in [0.15, 0.2) is 0 Å². The van der Waals surface area contributed by atoms with Crippen LogP contribution in [0.2, 0.25) is 0 Å². The van der Waals surface area contributed by atoms with Gasteiger partial charge < -0.3 is 0 Å². The standard InChI is InChI=1S/C52H33N3S/c1-2-14-33(15-3-1)50-49-43-21-8-6-18-38(43)39-19-7-9-22-44(39)51(49)54-52(53-50)55-45-24-11-10-20-40(45)41-28-27-34(29-46(41)55)35-25-26-36-31-48(56-47(36)30-35)42-23-12-16-32-13-4-5-17-37(32)42/h1-31,49-50H. The Morgan fingerprint density at radius 2 is 1.14 bits per heavy atom. The molecule has 4 heteroatoms. The third-order valence-corrected chi connectivity index (χ3v) is 12.9. The number of rotatable bonds is 3. The number of nitrogens with zero attached hydrogens (tertiary/aromatic N) is 3. The van der Waals surface area contributed by atoms with Gasteiger partial charge >= 0.3 is 0 Å². The zero-order valence-electron chi connectivity index (χ0n) is 30.3. The first kappa shape index (κ1) is 31.5. The van der Waals surface area contributed by atoms with Crippen molar-refractivity contribution >= 4 is 65.7 Å². The molecule has 0 saturated carbocycles. The second kappa shape index (κ2) is 12.3. The molecule has 2 atom stereocenters. The molecule has 10 aromatic rings. The molecule has 1 aliphatic carbocycles. The predicted molar refractivity (Wildman–Crippen MR) is 236 cm³/mol. The van der Waals surface area contributed by atoms with E-state index in [4.69, 9.17) is 9.98 Å². The quantitative estimate of drug-likeness (QED) is 0.173. The number of aromatic nitrogens is 1. The molecule has 0 fully saturated rings. The molecule has 2 unspecified atom stereocenters. The highest BCUT2D eigenvalue weighted by Crippen LogP contribution is 2.49. The molecule has 1 aliphatic heterocycles. The summed E-state index contributed by atoms with van der Waals surface area (Å²) < 4.78 is 3.58. The summed E-state index contributed by atoms with van der Waals surface area (Å²) in [6.07, 6.45) is 0. The molecule has 8 aromatic carbocycles. The fraction of sp³-hybridized carbons (Fsp3) is 0.0385. The van der Waals surface area contributed by atoms with E-state index in [1.807, 2.05) is 11.3 Å². The fourth-order valence-electron chi connectivity index (χ4n) is 9.23. The number of benzene rings is 8. The van der Waals surface area contributed by atoms with Crippen molar-refractivity contribution in [3.63, 3.8) is 0 Å². The van der Waals surface area contributed by atoms with E-state index in [2.05, 4.69) is 193 Å². The maximum atomic E-state index is 5.64. The molecule has 2 aliphatic rings. The van der Waals surface area contributed by atoms with Crippen LogP contribution in [0.15, 0.2) is 198 Å². The van der Waals surface area contributed by atoms with Gasteiger partial charge in [0.05, 0.1) is 28.7 Å². The Bertz CT molecular complexity index is 3270. The zero-order valence-corrected chi connectivity index (χ0v) is 31.1. The molecule has 2 aromatic heterocycles. The highest BCUT2D eigenvalue weighted by molar-refractivity contribution is 7.22. The van der Waals surface area contributed by atoms with E-state index in [-0.39, 0.29) is 12.0 Å². The lowest BCUT2D eigenvalue weighted by molar-refractivity contribution is 0.659. The number of thiophene rings is 1. The summed E-state index contributed by atoms with van der Waals surface area (Å²) in [5.41, 5.74) is 13.1. The molecule has 56 heavy (non-hydrogen) atoms. The Hall–Kier alpha value is -6.88. The summed E-state index contributed by atoms with van der Waals surface area (Å²) in [5.74, 6) is 0.711. The summed E-state index contributed by atoms with van der Waals surface area (Å²) in [6, 6.07) is 68.2. The Morgan fingerprint density at radius 3 is 2.05 bits per heavy atom. The second-order valence-corrected chi connectivity index (χ2v) is 16.0. The van der Waals surface area contributed by atoms with Gasteiger partial charge in [-0.3, -0.25) is 4.57 Å². The van der Waals surface area contributed by atoms with Crippen molar-refractivity contribution in [3.8, 4) is 32.7 Å². The van der Waals surface area contributed by atoms with Crippen molar-refractivity contribution in [1.29, 1.82) is 0 Å². The lowest BCUT2D eigenvalue weighted by atomic mass is 9.72. The molecule has 0 radical (unpaired) electrons. The molecular formula is C52H33N3S. The maximum Gasteiger partial charge on any atom is 0.230 e. The summed E-state index contributed by atoms with van der Waals surface area (Å²) in [7, 11) is 0. The van der Waals surface area contributed by atoms with E-state index < -0.39 is 0 Å². The smallest absolute Gasteiger partial charge is 0.230 e. The van der Waals surface area contributed by atoms with Crippen molar-refractivity contribution in [2.45, 2.75) is 12.0 Å². The monoisotopic (exact) mass is 731 g/mol. The van der Waals surface area contributed by atoms with Gasteiger partial charge in [0.2, 0.25) is 5.96 Å². The second-order valence-electron chi connectivity index (χ2n) is 14.9. The van der Waals surface area contributed by atoms with Crippen LogP contribution in [-0.2, 0) is 0 Å². The van der Waals surface area contributed by atoms with Crippen molar-refractivity contribution in [2.75, 3.05) is 0 Å². The van der Waals surface area contributed by atoms with Crippen LogP contribution in [0.1, 0.15) is 28.7 Å². The minimum atomic E-state index is -0.148. The average molecular weight is 732 g/mol. The Kier molecular flexibility index (Phi) is 6.92. The van der Waals surface area contributed by atoms with Gasteiger partial charge in [0.25, 0.3) is 0 Å². The molecule has 0 bridgehead atoms. The van der Waals surface area contributed by atoms with E-state index in [0.717, 1.165) is 22.7 Å². The Balaban J connectivity index is 1.05. The normalized spacial score (nSPS) is 16.1. The van der Waals surface area contributed by atoms with Crippen molar-refractivity contribution in [3.05, 3.63) is 205 Å². The summed E-state index contributed by atoms with van der Waals surface area (Å²) in [6.45, 7) is 0. The molecule has 3 nitrogen and oxygen atoms in total. The van der Waals surface area contributed by atoms with Crippen LogP contribution in [0, 0.1) is 0 Å². The first-order valence-corrected chi connectivity index (χ1v) is 20.0. The highest BCUT2D eigenvalue weighted by atomic mass is 32.1. The van der Waals surface area contributed by atoms with Crippen LogP contribution < -0.4 is 0 Å². The van der Waals surface area contributed by atoms with Gasteiger partial charge in [-0.25, -0.2) is 9.98 Å². The predicted octanol–water partition coefficient (Wildman–Crippen LogP) is 13.7. The van der Waals surface area contributed by atoms with Crippen LogP contribution in [0.3, 0.4) is 0 Å². The first-order valence-electron chi connectivity index (χ1n) is 19.2. The molecule has 3 heterocycles. The van der Waals surface area contributed by atoms with Gasteiger partial charge in [0.1, 0.15) is 0 Å². The average Bonchev–Trinajstić information content (AvgIpc) is 3.85. The molecule has 0 spiro atoms. The van der Waals surface area contributed by atoms with E-state index in [1.165, 1.54) is 81.0 Å². The molecule has 12 rings (SSSR count). The van der Waals surface area contributed by atoms with Crippen molar-refractivity contribution in [1.82, 2.24) is 4.57 Å². The van der Waals surface area contributed by atoms with Crippen LogP contribution in [0.25, 0.3) is 75.4 Å². The van der Waals surface area contributed by atoms with E-state index in [1.54, 1.807) is 0 Å². The van der Waals surface area contributed by atoms with Crippen LogP contribution in [-0.4, -0.2) is 16.2 Å². The largest absolute Gasteiger partial charge is 0.278 e. The van der Waals surface area contributed by atoms with Crippen molar-refractivity contribution < 1.29 is 0 Å². The minimum Gasteiger partial charge on any atom is -0.278 e. The number of hydrogen-bond acceptors (Lipinski definition) is 3. The van der Waals surface area contributed by atoms with Gasteiger partial charge in [0, 0.05) is 25.9 Å². The lowest BCUT2D eigenvalue weighted by Gasteiger charge is -2.36. The third kappa shape index (κ3) is 4.76. The van der Waals surface area contributed by atoms with Crippen molar-refractivity contribution in [2.24, 2.45) is 9.98 Å². The highest BCUT2D eigenvalue weighted by Gasteiger charge is 2.39. The molecule has 262 valence electrons. The van der Waals surface area contributed by atoms with E-state index in [0.29, 0.717) is 0 Å². The minimum absolute atomic E-state index is 0.00723. The third-order valence-electron chi connectivity index (χ3n) is 11.8. The van der Waals surface area contributed by atoms with E-state index in [9.17, 15) is 0 Å². The zero-order chi connectivity index (χ0) is 36.7. The van der Waals surface area contributed by atoms with Gasteiger partial charge in [-0.1, -0.05) is 164 Å². The van der Waals surface area contributed by atoms with Crippen LogP contribution in [0.4, 0.5) is 0 Å². The fourth-order valence-corrected chi connectivity index (χ4v) is 10.4. The molecule has 0 amide bonds. The first-order chi connectivity index (χ1) is 27.8. The number of para-hydroxylation sites is 1. The maximum absolute atomic E-state index is 5.64. The molecule has 0 N–H and O–H groups in total. The van der Waals surface area contributed by atoms with Gasteiger partial charge in [-0.05, 0) is 79.4 Å². The molecule has 0 saturated heterocycles. The van der Waals surface area contributed by atoms with Gasteiger partial charge in [-0.15, -0.1) is 11.3 Å². The number of fused-ring (bicyclic) bond motifs is 11. The Morgan fingerprint density at radius 1 is 0.464 bits per heavy atom. The van der Waals surface area contributed by atoms with E-state index >= 15 is 0 Å². The number of aliphatic imine (C=N–C) groups is 2. The number of hydrogen-bond donors (Lipinski definition) is 0. The lowest BCUT2D eigenvalue weighted by Crippen LogP contribution is -2.31. The van der Waals surface area contributed by atoms with Crippen LogP contribution >= 0.6 is 11.3 Å². The molecular weight excluding hydrogens is 699 g/mol. The Labute approximate surface area is 328 Å². The summed E-state index contributed by atoms with van der Waals surface area (Å²) in [4.78, 5) is 12.5. The topological polar surface area (TPSA) is 29.6 Å².